The van der Waals surface area contributed by atoms with Crippen LogP contribution >= 0.6 is 0 Å². The summed E-state index contributed by atoms with van der Waals surface area (Å²) in [5.74, 6) is 1.22. The van der Waals surface area contributed by atoms with Crippen LogP contribution < -0.4 is 11.1 Å². The van der Waals surface area contributed by atoms with E-state index in [0.29, 0.717) is 24.3 Å². The standard InChI is InChI=1S/C16H24N2O/c1-11-8-9-15(12(11)2)18-16(19)14(17)10-13-6-4-3-5-7-13/h3-7,11-12,14-15H,8-10,17H2,1-2H3,(H,18,19)/t11?,12?,14-,15?/m0/s1. The van der Waals surface area contributed by atoms with Crippen molar-refractivity contribution in [3.63, 3.8) is 0 Å². The average molecular weight is 260 g/mol. The second kappa shape index (κ2) is 6.20. The summed E-state index contributed by atoms with van der Waals surface area (Å²) in [5, 5.41) is 3.12. The van der Waals surface area contributed by atoms with Gasteiger partial charge in [0.1, 0.15) is 0 Å². The highest BCUT2D eigenvalue weighted by Crippen LogP contribution is 2.31. The molecule has 0 spiro atoms. The molecule has 0 aliphatic heterocycles. The van der Waals surface area contributed by atoms with E-state index in [9.17, 15) is 4.79 Å². The summed E-state index contributed by atoms with van der Waals surface area (Å²) < 4.78 is 0. The van der Waals surface area contributed by atoms with Crippen molar-refractivity contribution >= 4 is 5.91 Å². The van der Waals surface area contributed by atoms with E-state index in [2.05, 4.69) is 19.2 Å². The Morgan fingerprint density at radius 2 is 2.00 bits per heavy atom. The third-order valence-electron chi connectivity index (χ3n) is 4.43. The number of nitrogens with two attached hydrogens (primary N) is 1. The first kappa shape index (κ1) is 14.1. The third-order valence-corrected chi connectivity index (χ3v) is 4.43. The first-order chi connectivity index (χ1) is 9.08. The summed E-state index contributed by atoms with van der Waals surface area (Å²) in [6.45, 7) is 4.46. The zero-order chi connectivity index (χ0) is 13.8. The van der Waals surface area contributed by atoms with Gasteiger partial charge < -0.3 is 11.1 Å². The number of carbonyl (C=O) groups excluding carboxylic acids is 1. The van der Waals surface area contributed by atoms with Crippen LogP contribution in [0.25, 0.3) is 0 Å². The topological polar surface area (TPSA) is 55.1 Å². The number of carbonyl (C=O) groups is 1. The molecule has 0 aromatic heterocycles. The minimum atomic E-state index is -0.453. The van der Waals surface area contributed by atoms with E-state index in [4.69, 9.17) is 5.73 Å². The lowest BCUT2D eigenvalue weighted by Gasteiger charge is -2.22. The molecule has 19 heavy (non-hydrogen) atoms. The van der Waals surface area contributed by atoms with Gasteiger partial charge in [-0.25, -0.2) is 0 Å². The van der Waals surface area contributed by atoms with Gasteiger partial charge in [0, 0.05) is 6.04 Å². The summed E-state index contributed by atoms with van der Waals surface area (Å²) in [7, 11) is 0. The third kappa shape index (κ3) is 3.57. The van der Waals surface area contributed by atoms with E-state index in [-0.39, 0.29) is 5.91 Å². The van der Waals surface area contributed by atoms with Gasteiger partial charge in [-0.05, 0) is 36.7 Å². The van der Waals surface area contributed by atoms with E-state index < -0.39 is 6.04 Å². The molecule has 4 atom stereocenters. The van der Waals surface area contributed by atoms with Crippen LogP contribution in [0.5, 0.6) is 0 Å². The predicted octanol–water partition coefficient (Wildman–Crippen LogP) is 2.11. The quantitative estimate of drug-likeness (QED) is 0.871. The summed E-state index contributed by atoms with van der Waals surface area (Å²) in [4.78, 5) is 12.1. The van der Waals surface area contributed by atoms with Gasteiger partial charge in [0.2, 0.25) is 5.91 Å². The highest BCUT2D eigenvalue weighted by molar-refractivity contribution is 5.82. The van der Waals surface area contributed by atoms with Crippen molar-refractivity contribution in [2.45, 2.75) is 45.2 Å². The summed E-state index contributed by atoms with van der Waals surface area (Å²) in [6, 6.07) is 9.77. The van der Waals surface area contributed by atoms with E-state index in [1.807, 2.05) is 30.3 Å². The number of benzene rings is 1. The second-order valence-electron chi connectivity index (χ2n) is 5.83. The van der Waals surface area contributed by atoms with E-state index in [1.54, 1.807) is 0 Å². The van der Waals surface area contributed by atoms with Crippen LogP contribution in [0.3, 0.4) is 0 Å². The van der Waals surface area contributed by atoms with Crippen molar-refractivity contribution in [3.05, 3.63) is 35.9 Å². The number of nitrogens with one attached hydrogen (secondary N) is 1. The summed E-state index contributed by atoms with van der Waals surface area (Å²) in [5.41, 5.74) is 7.10. The van der Waals surface area contributed by atoms with Crippen molar-refractivity contribution in [2.24, 2.45) is 17.6 Å². The Labute approximate surface area is 115 Å². The van der Waals surface area contributed by atoms with Crippen LogP contribution in [0.1, 0.15) is 32.3 Å². The molecule has 3 unspecified atom stereocenters. The Morgan fingerprint density at radius 1 is 1.32 bits per heavy atom. The number of hydrogen-bond donors (Lipinski definition) is 2. The molecule has 1 fully saturated rings. The normalized spacial score (nSPS) is 28.1. The summed E-state index contributed by atoms with van der Waals surface area (Å²) in [6.07, 6.45) is 2.87. The van der Waals surface area contributed by atoms with Gasteiger partial charge >= 0.3 is 0 Å². The highest BCUT2D eigenvalue weighted by Gasteiger charge is 2.31. The Balaban J connectivity index is 1.86. The molecule has 1 aliphatic carbocycles. The van der Waals surface area contributed by atoms with Crippen LogP contribution in [0.2, 0.25) is 0 Å². The molecule has 3 N–H and O–H groups in total. The number of rotatable bonds is 4. The number of amides is 1. The van der Waals surface area contributed by atoms with Crippen molar-refractivity contribution in [1.29, 1.82) is 0 Å². The van der Waals surface area contributed by atoms with Crippen molar-refractivity contribution in [1.82, 2.24) is 5.32 Å². The molecule has 0 heterocycles. The first-order valence-corrected chi connectivity index (χ1v) is 7.18. The maximum absolute atomic E-state index is 12.1. The fourth-order valence-electron chi connectivity index (χ4n) is 2.82. The Morgan fingerprint density at radius 3 is 2.58 bits per heavy atom. The molecule has 0 bridgehead atoms. The monoisotopic (exact) mass is 260 g/mol. The smallest absolute Gasteiger partial charge is 0.237 e. The van der Waals surface area contributed by atoms with Gasteiger partial charge in [-0.1, -0.05) is 44.2 Å². The fraction of sp³-hybridized carbons (Fsp3) is 0.562. The van der Waals surface area contributed by atoms with Gasteiger partial charge in [-0.3, -0.25) is 4.79 Å². The SMILES string of the molecule is CC1CCC(NC(=O)[C@@H](N)Cc2ccccc2)C1C. The van der Waals surface area contributed by atoms with Gasteiger partial charge in [0.15, 0.2) is 0 Å². The summed E-state index contributed by atoms with van der Waals surface area (Å²) >= 11 is 0. The molecule has 2 rings (SSSR count). The lowest BCUT2D eigenvalue weighted by atomic mass is 9.97. The van der Waals surface area contributed by atoms with Crippen LogP contribution in [0.15, 0.2) is 30.3 Å². The first-order valence-electron chi connectivity index (χ1n) is 7.18. The minimum absolute atomic E-state index is 0.0187. The molecule has 1 amide bonds. The minimum Gasteiger partial charge on any atom is -0.352 e. The maximum atomic E-state index is 12.1. The molecule has 1 aliphatic rings. The van der Waals surface area contributed by atoms with E-state index in [1.165, 1.54) is 6.42 Å². The van der Waals surface area contributed by atoms with Crippen molar-refractivity contribution in [2.75, 3.05) is 0 Å². The van der Waals surface area contributed by atoms with Crippen molar-refractivity contribution < 1.29 is 4.79 Å². The maximum Gasteiger partial charge on any atom is 0.237 e. The van der Waals surface area contributed by atoms with E-state index >= 15 is 0 Å². The largest absolute Gasteiger partial charge is 0.352 e. The van der Waals surface area contributed by atoms with Crippen LogP contribution in [0.4, 0.5) is 0 Å². The molecule has 0 saturated heterocycles. The van der Waals surface area contributed by atoms with Crippen molar-refractivity contribution in [3.8, 4) is 0 Å². The molecule has 1 aromatic carbocycles. The van der Waals surface area contributed by atoms with Gasteiger partial charge in [-0.15, -0.1) is 0 Å². The lowest BCUT2D eigenvalue weighted by molar-refractivity contribution is -0.123. The van der Waals surface area contributed by atoms with Crippen LogP contribution in [-0.4, -0.2) is 18.0 Å². The number of hydrogen-bond acceptors (Lipinski definition) is 2. The van der Waals surface area contributed by atoms with Gasteiger partial charge in [-0.2, -0.15) is 0 Å². The average Bonchev–Trinajstić information content (AvgIpc) is 2.72. The highest BCUT2D eigenvalue weighted by atomic mass is 16.2. The lowest BCUT2D eigenvalue weighted by Crippen LogP contribution is -2.47. The molecule has 3 nitrogen and oxygen atoms in total. The Bertz CT molecular complexity index is 418. The molecule has 104 valence electrons. The Kier molecular flexibility index (Phi) is 4.59. The van der Waals surface area contributed by atoms with Crippen LogP contribution in [-0.2, 0) is 11.2 Å². The van der Waals surface area contributed by atoms with E-state index in [0.717, 1.165) is 12.0 Å². The fourth-order valence-corrected chi connectivity index (χ4v) is 2.82. The molecule has 1 aromatic rings. The molecule has 0 radical (unpaired) electrons. The molecular formula is C16H24N2O. The Hall–Kier alpha value is -1.35. The molecular weight excluding hydrogens is 236 g/mol. The zero-order valence-electron chi connectivity index (χ0n) is 11.8. The second-order valence-corrected chi connectivity index (χ2v) is 5.83. The molecule has 1 saturated carbocycles. The zero-order valence-corrected chi connectivity index (χ0v) is 11.8. The predicted molar refractivity (Wildman–Crippen MR) is 77.6 cm³/mol. The van der Waals surface area contributed by atoms with Crippen LogP contribution in [0, 0.1) is 11.8 Å². The van der Waals surface area contributed by atoms with Gasteiger partial charge in [0.25, 0.3) is 0 Å². The molecule has 3 heteroatoms. The van der Waals surface area contributed by atoms with Gasteiger partial charge in [0.05, 0.1) is 6.04 Å².